The summed E-state index contributed by atoms with van der Waals surface area (Å²) in [7, 11) is 1.87. The zero-order valence-electron chi connectivity index (χ0n) is 15.1. The van der Waals surface area contributed by atoms with Crippen LogP contribution in [0.5, 0.6) is 0 Å². The molecule has 0 bridgehead atoms. The number of pyridine rings is 1. The van der Waals surface area contributed by atoms with Crippen LogP contribution in [0.25, 0.3) is 0 Å². The molecule has 24 heavy (non-hydrogen) atoms. The number of aryl methyl sites for hydroxylation is 3. The molecule has 0 aliphatic heterocycles. The van der Waals surface area contributed by atoms with Gasteiger partial charge in [0.1, 0.15) is 0 Å². The summed E-state index contributed by atoms with van der Waals surface area (Å²) < 4.78 is 0. The lowest BCUT2D eigenvalue weighted by Gasteiger charge is -2.18. The SMILES string of the molecule is Cc1cc(C)c(NCCC(=O)N(C)CCc2ccncc2)c(C)c1. The van der Waals surface area contributed by atoms with E-state index in [0.717, 1.165) is 18.7 Å². The van der Waals surface area contributed by atoms with Crippen LogP contribution in [0, 0.1) is 20.8 Å². The monoisotopic (exact) mass is 325 g/mol. The molecular weight excluding hydrogens is 298 g/mol. The van der Waals surface area contributed by atoms with E-state index in [1.807, 2.05) is 19.2 Å². The number of hydrogen-bond acceptors (Lipinski definition) is 3. The predicted molar refractivity (Wildman–Crippen MR) is 99.3 cm³/mol. The molecule has 0 saturated carbocycles. The van der Waals surface area contributed by atoms with Gasteiger partial charge in [0.2, 0.25) is 5.91 Å². The average molecular weight is 325 g/mol. The highest BCUT2D eigenvalue weighted by Gasteiger charge is 2.09. The van der Waals surface area contributed by atoms with Gasteiger partial charge in [-0.2, -0.15) is 0 Å². The van der Waals surface area contributed by atoms with Crippen LogP contribution in [0.15, 0.2) is 36.7 Å². The van der Waals surface area contributed by atoms with Gasteiger partial charge in [-0.1, -0.05) is 17.7 Å². The second-order valence-corrected chi connectivity index (χ2v) is 6.37. The van der Waals surface area contributed by atoms with Crippen molar-refractivity contribution >= 4 is 11.6 Å². The Hall–Kier alpha value is -2.36. The first-order valence-electron chi connectivity index (χ1n) is 8.42. The first kappa shape index (κ1) is 18.0. The zero-order valence-corrected chi connectivity index (χ0v) is 15.1. The van der Waals surface area contributed by atoms with E-state index in [1.165, 1.54) is 22.3 Å². The molecule has 1 heterocycles. The number of carbonyl (C=O) groups excluding carboxylic acids is 1. The normalized spacial score (nSPS) is 10.5. The standard InChI is InChI=1S/C20H27N3O/c1-15-13-16(2)20(17(3)14-15)22-11-7-19(24)23(4)12-8-18-5-9-21-10-6-18/h5-6,9-10,13-14,22H,7-8,11-12H2,1-4H3. The second-order valence-electron chi connectivity index (χ2n) is 6.37. The second kappa shape index (κ2) is 8.48. The van der Waals surface area contributed by atoms with Crippen molar-refractivity contribution in [1.29, 1.82) is 0 Å². The van der Waals surface area contributed by atoms with E-state index in [4.69, 9.17) is 0 Å². The van der Waals surface area contributed by atoms with E-state index < -0.39 is 0 Å². The Morgan fingerprint density at radius 2 is 1.75 bits per heavy atom. The van der Waals surface area contributed by atoms with Crippen molar-refractivity contribution in [2.45, 2.75) is 33.6 Å². The predicted octanol–water partition coefficient (Wildman–Crippen LogP) is 3.51. The molecule has 0 radical (unpaired) electrons. The largest absolute Gasteiger partial charge is 0.384 e. The summed E-state index contributed by atoms with van der Waals surface area (Å²) in [4.78, 5) is 18.1. The Morgan fingerprint density at radius 3 is 2.38 bits per heavy atom. The summed E-state index contributed by atoms with van der Waals surface area (Å²) >= 11 is 0. The summed E-state index contributed by atoms with van der Waals surface area (Å²) in [6, 6.07) is 8.31. The maximum absolute atomic E-state index is 12.3. The molecule has 4 nitrogen and oxygen atoms in total. The molecule has 0 fully saturated rings. The quantitative estimate of drug-likeness (QED) is 0.847. The van der Waals surface area contributed by atoms with Gasteiger partial charge in [0.15, 0.2) is 0 Å². The van der Waals surface area contributed by atoms with Gasteiger partial charge >= 0.3 is 0 Å². The Kier molecular flexibility index (Phi) is 6.36. The number of rotatable bonds is 7. The molecule has 1 aromatic heterocycles. The van der Waals surface area contributed by atoms with Gasteiger partial charge in [-0.05, 0) is 56.0 Å². The average Bonchev–Trinajstić information content (AvgIpc) is 2.55. The first-order valence-corrected chi connectivity index (χ1v) is 8.42. The number of nitrogens with one attached hydrogen (secondary N) is 1. The van der Waals surface area contributed by atoms with E-state index in [2.05, 4.69) is 43.2 Å². The van der Waals surface area contributed by atoms with Gasteiger partial charge in [0.05, 0.1) is 0 Å². The molecular formula is C20H27N3O. The van der Waals surface area contributed by atoms with E-state index in [0.29, 0.717) is 13.0 Å². The van der Waals surface area contributed by atoms with Crippen LogP contribution in [0.3, 0.4) is 0 Å². The summed E-state index contributed by atoms with van der Waals surface area (Å²) in [5.74, 6) is 0.166. The van der Waals surface area contributed by atoms with Gasteiger partial charge in [0.25, 0.3) is 0 Å². The van der Waals surface area contributed by atoms with Gasteiger partial charge in [-0.3, -0.25) is 9.78 Å². The van der Waals surface area contributed by atoms with Gasteiger partial charge in [-0.25, -0.2) is 0 Å². The Bertz CT molecular complexity index is 660. The molecule has 4 heteroatoms. The number of hydrogen-bond donors (Lipinski definition) is 1. The van der Waals surface area contributed by atoms with Crippen LogP contribution >= 0.6 is 0 Å². The van der Waals surface area contributed by atoms with E-state index >= 15 is 0 Å². The summed E-state index contributed by atoms with van der Waals surface area (Å²) in [6.07, 6.45) is 4.93. The lowest BCUT2D eigenvalue weighted by Crippen LogP contribution is -2.30. The number of aromatic nitrogens is 1. The minimum atomic E-state index is 0.166. The third-order valence-electron chi connectivity index (χ3n) is 4.23. The number of likely N-dealkylation sites (N-methyl/N-ethyl adjacent to an activating group) is 1. The van der Waals surface area contributed by atoms with Crippen LogP contribution in [0.2, 0.25) is 0 Å². The van der Waals surface area contributed by atoms with E-state index in [-0.39, 0.29) is 5.91 Å². The lowest BCUT2D eigenvalue weighted by molar-refractivity contribution is -0.129. The molecule has 0 aliphatic carbocycles. The number of benzene rings is 1. The van der Waals surface area contributed by atoms with Crippen molar-refractivity contribution in [3.05, 3.63) is 58.9 Å². The van der Waals surface area contributed by atoms with Gasteiger partial charge < -0.3 is 10.2 Å². The zero-order chi connectivity index (χ0) is 17.5. The number of amides is 1. The number of nitrogens with zero attached hydrogens (tertiary/aromatic N) is 2. The molecule has 0 atom stereocenters. The molecule has 1 N–H and O–H groups in total. The molecule has 128 valence electrons. The number of anilines is 1. The molecule has 0 spiro atoms. The Labute approximate surface area is 144 Å². The lowest BCUT2D eigenvalue weighted by atomic mass is 10.1. The van der Waals surface area contributed by atoms with Crippen molar-refractivity contribution in [2.24, 2.45) is 0 Å². The van der Waals surface area contributed by atoms with Crippen LogP contribution in [-0.2, 0) is 11.2 Å². The molecule has 2 rings (SSSR count). The van der Waals surface area contributed by atoms with Crippen LogP contribution < -0.4 is 5.32 Å². The maximum atomic E-state index is 12.3. The fraction of sp³-hybridized carbons (Fsp3) is 0.400. The van der Waals surface area contributed by atoms with Crippen molar-refractivity contribution in [3.63, 3.8) is 0 Å². The van der Waals surface area contributed by atoms with Crippen molar-refractivity contribution in [2.75, 3.05) is 25.5 Å². The third-order valence-corrected chi connectivity index (χ3v) is 4.23. The Morgan fingerprint density at radius 1 is 1.12 bits per heavy atom. The highest BCUT2D eigenvalue weighted by molar-refractivity contribution is 5.76. The van der Waals surface area contributed by atoms with E-state index in [1.54, 1.807) is 17.3 Å². The molecule has 0 saturated heterocycles. The fourth-order valence-corrected chi connectivity index (χ4v) is 2.92. The smallest absolute Gasteiger partial charge is 0.224 e. The minimum absolute atomic E-state index is 0.166. The minimum Gasteiger partial charge on any atom is -0.384 e. The third kappa shape index (κ3) is 5.08. The van der Waals surface area contributed by atoms with Crippen LogP contribution in [0.4, 0.5) is 5.69 Å². The van der Waals surface area contributed by atoms with Crippen molar-refractivity contribution in [3.8, 4) is 0 Å². The maximum Gasteiger partial charge on any atom is 0.224 e. The molecule has 0 unspecified atom stereocenters. The molecule has 2 aromatic rings. The van der Waals surface area contributed by atoms with Crippen LogP contribution in [0.1, 0.15) is 28.7 Å². The van der Waals surface area contributed by atoms with Crippen molar-refractivity contribution < 1.29 is 4.79 Å². The first-order chi connectivity index (χ1) is 11.5. The van der Waals surface area contributed by atoms with Gasteiger partial charge in [0, 0.05) is 44.6 Å². The Balaban J connectivity index is 1.78. The summed E-state index contributed by atoms with van der Waals surface area (Å²) in [6.45, 7) is 7.69. The molecule has 0 aliphatic rings. The van der Waals surface area contributed by atoms with Gasteiger partial charge in [-0.15, -0.1) is 0 Å². The summed E-state index contributed by atoms with van der Waals surface area (Å²) in [5, 5.41) is 3.41. The highest BCUT2D eigenvalue weighted by atomic mass is 16.2. The topological polar surface area (TPSA) is 45.2 Å². The number of carbonyl (C=O) groups is 1. The van der Waals surface area contributed by atoms with Crippen molar-refractivity contribution in [1.82, 2.24) is 9.88 Å². The molecule has 1 amide bonds. The van der Waals surface area contributed by atoms with E-state index in [9.17, 15) is 4.79 Å². The van der Waals surface area contributed by atoms with Crippen LogP contribution in [-0.4, -0.2) is 35.9 Å². The fourth-order valence-electron chi connectivity index (χ4n) is 2.92. The summed E-state index contributed by atoms with van der Waals surface area (Å²) in [5.41, 5.74) is 6.07. The molecule has 1 aromatic carbocycles. The highest BCUT2D eigenvalue weighted by Crippen LogP contribution is 2.21.